The quantitative estimate of drug-likeness (QED) is 0.338. The second-order valence-electron chi connectivity index (χ2n) is 3.50. The third kappa shape index (κ3) is 13.6. The summed E-state index contributed by atoms with van der Waals surface area (Å²) < 4.78 is 0. The zero-order chi connectivity index (χ0) is 16.3. The molecule has 0 aromatic heterocycles. The van der Waals surface area contributed by atoms with E-state index in [1.165, 1.54) is 0 Å². The number of nitrogens with two attached hydrogens (primary N) is 1. The van der Waals surface area contributed by atoms with Crippen LogP contribution in [0, 0.1) is 0 Å². The predicted octanol–water partition coefficient (Wildman–Crippen LogP) is -1.23. The van der Waals surface area contributed by atoms with Crippen LogP contribution < -0.4 is 5.73 Å². The first-order valence-electron chi connectivity index (χ1n) is 5.26. The minimum absolute atomic E-state index is 0.0231. The van der Waals surface area contributed by atoms with E-state index >= 15 is 0 Å². The van der Waals surface area contributed by atoms with Crippen LogP contribution in [-0.4, -0.2) is 56.1 Å². The minimum Gasteiger partial charge on any atom is -0.481 e. The summed E-state index contributed by atoms with van der Waals surface area (Å²) in [6, 6.07) is -1.06. The summed E-state index contributed by atoms with van der Waals surface area (Å²) in [5, 5.41) is 32.2. The number of carboxylic acids is 4. The van der Waals surface area contributed by atoms with Crippen LogP contribution in [0.2, 0.25) is 0 Å². The van der Waals surface area contributed by atoms with Gasteiger partial charge in [-0.05, 0) is 6.42 Å². The molecule has 0 saturated carbocycles. The highest BCUT2D eigenvalue weighted by molar-refractivity contribution is 6.32. The fourth-order valence-electron chi connectivity index (χ4n) is 0.730. The molecule has 0 heterocycles. The molecular formula is C10H15NO9. The van der Waals surface area contributed by atoms with Crippen LogP contribution in [-0.2, 0) is 24.0 Å². The molecule has 114 valence electrons. The molecule has 1 atom stereocenters. The predicted molar refractivity (Wildman–Crippen MR) is 62.0 cm³/mol. The highest BCUT2D eigenvalue weighted by atomic mass is 16.4. The van der Waals surface area contributed by atoms with E-state index in [2.05, 4.69) is 0 Å². The lowest BCUT2D eigenvalue weighted by Crippen LogP contribution is -2.30. The van der Waals surface area contributed by atoms with E-state index in [0.29, 0.717) is 0 Å². The number of Topliss-reactive ketones (excluding diaryl/α,β-unsaturated/α-hetero) is 1. The van der Waals surface area contributed by atoms with Crippen molar-refractivity contribution >= 4 is 29.7 Å². The summed E-state index contributed by atoms with van der Waals surface area (Å²) >= 11 is 0. The van der Waals surface area contributed by atoms with E-state index in [4.69, 9.17) is 26.2 Å². The molecule has 0 aliphatic carbocycles. The molecule has 6 N–H and O–H groups in total. The minimum atomic E-state index is -1.58. The smallest absolute Gasteiger partial charge is 0.372 e. The fourth-order valence-corrected chi connectivity index (χ4v) is 0.730. The molecule has 0 saturated heterocycles. The van der Waals surface area contributed by atoms with E-state index < -0.39 is 48.5 Å². The second-order valence-corrected chi connectivity index (χ2v) is 3.50. The number of aliphatic carboxylic acids is 4. The molecule has 0 amide bonds. The Kier molecular flexibility index (Phi) is 10.4. The van der Waals surface area contributed by atoms with E-state index in [1.807, 2.05) is 0 Å². The normalized spacial score (nSPS) is 10.7. The number of carboxylic acid groups (broad SMARTS) is 4. The van der Waals surface area contributed by atoms with Gasteiger partial charge in [0.25, 0.3) is 0 Å². The van der Waals surface area contributed by atoms with Crippen LogP contribution in [0.1, 0.15) is 25.7 Å². The molecule has 0 unspecified atom stereocenters. The highest BCUT2D eigenvalue weighted by Crippen LogP contribution is 1.93. The van der Waals surface area contributed by atoms with Crippen molar-refractivity contribution in [1.29, 1.82) is 0 Å². The maximum absolute atomic E-state index is 10.2. The molecule has 0 radical (unpaired) electrons. The molecule has 0 aliphatic rings. The van der Waals surface area contributed by atoms with Crippen LogP contribution in [0.4, 0.5) is 0 Å². The Morgan fingerprint density at radius 1 is 0.800 bits per heavy atom. The maximum Gasteiger partial charge on any atom is 0.372 e. The summed E-state index contributed by atoms with van der Waals surface area (Å²) in [5.41, 5.74) is 5.00. The Balaban J connectivity index is 0. The summed E-state index contributed by atoms with van der Waals surface area (Å²) in [5.74, 6) is -6.02. The summed E-state index contributed by atoms with van der Waals surface area (Å²) in [6.07, 6.45) is -1.09. The highest BCUT2D eigenvalue weighted by Gasteiger charge is 2.12. The second kappa shape index (κ2) is 10.4. The molecular weight excluding hydrogens is 278 g/mol. The van der Waals surface area contributed by atoms with Crippen LogP contribution in [0.15, 0.2) is 0 Å². The van der Waals surface area contributed by atoms with Gasteiger partial charge in [0.05, 0.1) is 6.42 Å². The zero-order valence-electron chi connectivity index (χ0n) is 10.3. The number of carbonyl (C=O) groups is 5. The molecule has 10 nitrogen and oxygen atoms in total. The van der Waals surface area contributed by atoms with Crippen molar-refractivity contribution in [3.05, 3.63) is 0 Å². The van der Waals surface area contributed by atoms with Crippen LogP contribution in [0.5, 0.6) is 0 Å². The molecule has 20 heavy (non-hydrogen) atoms. The standard InChI is InChI=1S/C5H9NO4.C5H6O5/c2*6-3(5(9)10)1-2-4(7)8/h3H,1-2,6H2,(H,7,8)(H,9,10);1-2H2,(H,7,8)(H,9,10)/t3-;/m1./s1. The third-order valence-electron chi connectivity index (χ3n) is 1.79. The van der Waals surface area contributed by atoms with Crippen molar-refractivity contribution < 1.29 is 44.4 Å². The van der Waals surface area contributed by atoms with Gasteiger partial charge in [0.15, 0.2) is 0 Å². The van der Waals surface area contributed by atoms with Crippen molar-refractivity contribution in [3.8, 4) is 0 Å². The summed E-state index contributed by atoms with van der Waals surface area (Å²) in [4.78, 5) is 49.6. The first-order valence-corrected chi connectivity index (χ1v) is 5.26. The first-order chi connectivity index (χ1) is 9.07. The average molecular weight is 293 g/mol. The molecule has 0 spiro atoms. The van der Waals surface area contributed by atoms with Gasteiger partial charge in [0.1, 0.15) is 6.04 Å². The Hall–Kier alpha value is -2.49. The summed E-state index contributed by atoms with van der Waals surface area (Å²) in [6.45, 7) is 0. The molecule has 0 aliphatic heterocycles. The first kappa shape index (κ1) is 19.8. The van der Waals surface area contributed by atoms with Crippen molar-refractivity contribution in [2.24, 2.45) is 5.73 Å². The molecule has 10 heteroatoms. The van der Waals surface area contributed by atoms with Gasteiger partial charge in [-0.3, -0.25) is 19.2 Å². The lowest BCUT2D eigenvalue weighted by atomic mass is 10.2. The monoisotopic (exact) mass is 293 g/mol. The van der Waals surface area contributed by atoms with Crippen molar-refractivity contribution in [2.45, 2.75) is 31.7 Å². The molecule has 0 bridgehead atoms. The van der Waals surface area contributed by atoms with E-state index in [-0.39, 0.29) is 12.8 Å². The largest absolute Gasteiger partial charge is 0.481 e. The van der Waals surface area contributed by atoms with E-state index in [0.717, 1.165) is 0 Å². The average Bonchev–Trinajstić information content (AvgIpc) is 2.33. The Morgan fingerprint density at radius 2 is 1.25 bits per heavy atom. The van der Waals surface area contributed by atoms with Gasteiger partial charge in [-0.1, -0.05) is 0 Å². The number of hydrogen-bond donors (Lipinski definition) is 5. The van der Waals surface area contributed by atoms with Gasteiger partial charge < -0.3 is 26.2 Å². The Labute approximate surface area is 112 Å². The van der Waals surface area contributed by atoms with E-state index in [9.17, 15) is 24.0 Å². The fraction of sp³-hybridized carbons (Fsp3) is 0.500. The Morgan fingerprint density at radius 3 is 1.55 bits per heavy atom. The molecule has 0 aromatic rings. The Bertz CT molecular complexity index is 390. The number of hydrogen-bond acceptors (Lipinski definition) is 6. The van der Waals surface area contributed by atoms with Gasteiger partial charge in [-0.2, -0.15) is 0 Å². The number of ketones is 1. The third-order valence-corrected chi connectivity index (χ3v) is 1.79. The summed E-state index contributed by atoms with van der Waals surface area (Å²) in [7, 11) is 0. The molecule has 0 fully saturated rings. The molecule has 0 aromatic carbocycles. The maximum atomic E-state index is 10.2. The van der Waals surface area contributed by atoms with E-state index in [1.54, 1.807) is 0 Å². The van der Waals surface area contributed by atoms with Gasteiger partial charge >= 0.3 is 23.9 Å². The van der Waals surface area contributed by atoms with Gasteiger partial charge in [0.2, 0.25) is 5.78 Å². The van der Waals surface area contributed by atoms with Crippen molar-refractivity contribution in [1.82, 2.24) is 0 Å². The lowest BCUT2D eigenvalue weighted by molar-refractivity contribution is -0.150. The lowest BCUT2D eigenvalue weighted by Gasteiger charge is -2.01. The van der Waals surface area contributed by atoms with Crippen molar-refractivity contribution in [3.63, 3.8) is 0 Å². The number of rotatable bonds is 8. The molecule has 0 rings (SSSR count). The van der Waals surface area contributed by atoms with Crippen molar-refractivity contribution in [2.75, 3.05) is 0 Å². The van der Waals surface area contributed by atoms with Gasteiger partial charge in [-0.15, -0.1) is 0 Å². The number of carbonyl (C=O) groups excluding carboxylic acids is 1. The van der Waals surface area contributed by atoms with Crippen LogP contribution >= 0.6 is 0 Å². The van der Waals surface area contributed by atoms with Gasteiger partial charge in [-0.25, -0.2) is 4.79 Å². The van der Waals surface area contributed by atoms with Gasteiger partial charge in [0, 0.05) is 12.8 Å². The van der Waals surface area contributed by atoms with Crippen LogP contribution in [0.25, 0.3) is 0 Å². The SMILES string of the molecule is N[C@H](CCC(=O)O)C(=O)O.O=C(O)CCC(=O)C(=O)O. The topological polar surface area (TPSA) is 192 Å². The van der Waals surface area contributed by atoms with Crippen LogP contribution in [0.3, 0.4) is 0 Å². The zero-order valence-corrected chi connectivity index (χ0v) is 10.3.